The molecule has 124 valence electrons. The van der Waals surface area contributed by atoms with E-state index >= 15 is 0 Å². The Bertz CT molecular complexity index is 954. The predicted octanol–water partition coefficient (Wildman–Crippen LogP) is 6.40. The summed E-state index contributed by atoms with van der Waals surface area (Å²) in [4.78, 5) is 5.99. The molecule has 3 aromatic carbocycles. The highest BCUT2D eigenvalue weighted by molar-refractivity contribution is 7.99. The van der Waals surface area contributed by atoms with Crippen LogP contribution in [0.1, 0.15) is 22.8 Å². The first-order valence-corrected chi connectivity index (χ1v) is 9.34. The van der Waals surface area contributed by atoms with Crippen LogP contribution in [0.4, 0.5) is 5.69 Å². The molecule has 1 aliphatic rings. The van der Waals surface area contributed by atoms with E-state index in [4.69, 9.17) is 16.6 Å². The van der Waals surface area contributed by atoms with Gasteiger partial charge in [-0.2, -0.15) is 0 Å². The summed E-state index contributed by atoms with van der Waals surface area (Å²) >= 11 is 8.23. The normalized spacial score (nSPS) is 16.7. The topological polar surface area (TPSA) is 32.6 Å². The monoisotopic (exact) mass is 365 g/mol. The van der Waals surface area contributed by atoms with Gasteiger partial charge in [0.1, 0.15) is 5.75 Å². The number of nitrogens with zero attached hydrogens (tertiary/aromatic N) is 1. The smallest absolute Gasteiger partial charge is 0.124 e. The van der Waals surface area contributed by atoms with Crippen molar-refractivity contribution in [1.29, 1.82) is 0 Å². The third-order valence-electron chi connectivity index (χ3n) is 4.24. The molecule has 0 radical (unpaired) electrons. The second kappa shape index (κ2) is 6.95. The van der Waals surface area contributed by atoms with Crippen LogP contribution >= 0.6 is 23.4 Å². The van der Waals surface area contributed by atoms with E-state index in [1.54, 1.807) is 17.8 Å². The molecular weight excluding hydrogens is 350 g/mol. The highest BCUT2D eigenvalue weighted by Gasteiger charge is 2.24. The van der Waals surface area contributed by atoms with Gasteiger partial charge in [-0.1, -0.05) is 54.1 Å². The van der Waals surface area contributed by atoms with Crippen LogP contribution in [0, 0.1) is 0 Å². The summed E-state index contributed by atoms with van der Waals surface area (Å²) in [5.41, 5.74) is 3.67. The molecule has 1 heterocycles. The minimum atomic E-state index is 0.135. The van der Waals surface area contributed by atoms with E-state index in [0.29, 0.717) is 6.42 Å². The van der Waals surface area contributed by atoms with Gasteiger partial charge in [0.2, 0.25) is 0 Å². The van der Waals surface area contributed by atoms with Crippen LogP contribution in [-0.2, 0) is 0 Å². The number of benzene rings is 3. The number of hydrogen-bond acceptors (Lipinski definition) is 3. The summed E-state index contributed by atoms with van der Waals surface area (Å²) < 4.78 is 0. The lowest BCUT2D eigenvalue weighted by Gasteiger charge is -2.17. The number of aromatic hydroxyl groups is 1. The predicted molar refractivity (Wildman–Crippen MR) is 105 cm³/mol. The van der Waals surface area contributed by atoms with Crippen molar-refractivity contribution in [3.8, 4) is 5.75 Å². The Morgan fingerprint density at radius 2 is 1.64 bits per heavy atom. The number of rotatable bonds is 2. The van der Waals surface area contributed by atoms with E-state index in [9.17, 15) is 5.11 Å². The molecule has 0 aliphatic carbocycles. The molecule has 1 N–H and O–H groups in total. The molecule has 1 atom stereocenters. The fourth-order valence-corrected chi connectivity index (χ4v) is 4.61. The Kier molecular flexibility index (Phi) is 4.51. The second-order valence-electron chi connectivity index (χ2n) is 5.88. The summed E-state index contributed by atoms with van der Waals surface area (Å²) in [7, 11) is 0. The molecule has 0 bridgehead atoms. The maximum atomic E-state index is 10.3. The third kappa shape index (κ3) is 3.30. The van der Waals surface area contributed by atoms with E-state index in [0.717, 1.165) is 32.4 Å². The first-order valence-electron chi connectivity index (χ1n) is 8.08. The zero-order chi connectivity index (χ0) is 17.2. The van der Waals surface area contributed by atoms with Gasteiger partial charge in [-0.05, 0) is 35.9 Å². The molecule has 0 aromatic heterocycles. The van der Waals surface area contributed by atoms with Crippen LogP contribution in [0.25, 0.3) is 0 Å². The van der Waals surface area contributed by atoms with Gasteiger partial charge in [0.15, 0.2) is 0 Å². The molecule has 4 heteroatoms. The van der Waals surface area contributed by atoms with Gasteiger partial charge in [-0.25, -0.2) is 0 Å². The van der Waals surface area contributed by atoms with Crippen LogP contribution in [0.15, 0.2) is 82.7 Å². The van der Waals surface area contributed by atoms with Crippen molar-refractivity contribution < 1.29 is 5.11 Å². The first kappa shape index (κ1) is 16.2. The second-order valence-corrected chi connectivity index (χ2v) is 7.53. The number of phenols is 1. The molecule has 25 heavy (non-hydrogen) atoms. The molecule has 0 saturated heterocycles. The van der Waals surface area contributed by atoms with E-state index in [1.807, 2.05) is 54.6 Å². The molecule has 0 spiro atoms. The molecule has 4 rings (SSSR count). The van der Waals surface area contributed by atoms with Crippen molar-refractivity contribution in [2.24, 2.45) is 4.99 Å². The molecule has 0 unspecified atom stereocenters. The van der Waals surface area contributed by atoms with Gasteiger partial charge < -0.3 is 5.11 Å². The number of phenolic OH excluding ortho intramolecular Hbond substituents is 1. The van der Waals surface area contributed by atoms with Gasteiger partial charge in [0.25, 0.3) is 0 Å². The summed E-state index contributed by atoms with van der Waals surface area (Å²) in [5, 5.41) is 11.2. The van der Waals surface area contributed by atoms with Crippen molar-refractivity contribution >= 4 is 34.8 Å². The van der Waals surface area contributed by atoms with Crippen LogP contribution in [0.5, 0.6) is 5.75 Å². The van der Waals surface area contributed by atoms with Crippen LogP contribution in [0.3, 0.4) is 0 Å². The molecule has 0 fully saturated rings. The minimum Gasteiger partial charge on any atom is -0.507 e. The van der Waals surface area contributed by atoms with E-state index in [-0.39, 0.29) is 11.0 Å². The SMILES string of the molecule is Oc1ccccc1C1=Nc2ccccc2S[C@H](c2ccccc2Cl)C1. The number of thioether (sulfide) groups is 1. The average molecular weight is 366 g/mol. The molecule has 0 amide bonds. The third-order valence-corrected chi connectivity index (χ3v) is 5.88. The molecule has 2 nitrogen and oxygen atoms in total. The van der Waals surface area contributed by atoms with E-state index in [1.165, 1.54) is 0 Å². The Hall–Kier alpha value is -2.23. The van der Waals surface area contributed by atoms with E-state index in [2.05, 4.69) is 12.1 Å². The Labute approximate surface area is 156 Å². The minimum absolute atomic E-state index is 0.135. The Balaban J connectivity index is 1.85. The maximum Gasteiger partial charge on any atom is 0.124 e. The molecule has 3 aromatic rings. The summed E-state index contributed by atoms with van der Waals surface area (Å²) in [6.45, 7) is 0. The highest BCUT2D eigenvalue weighted by Crippen LogP contribution is 2.47. The van der Waals surface area contributed by atoms with Crippen molar-refractivity contribution in [2.45, 2.75) is 16.6 Å². The highest BCUT2D eigenvalue weighted by atomic mass is 35.5. The number of aliphatic imine (C=N–C) groups is 1. The van der Waals surface area contributed by atoms with Gasteiger partial charge in [0.05, 0.1) is 11.4 Å². The number of fused-ring (bicyclic) bond motifs is 1. The molecule has 1 aliphatic heterocycles. The van der Waals surface area contributed by atoms with Crippen LogP contribution in [0.2, 0.25) is 5.02 Å². The summed E-state index contributed by atoms with van der Waals surface area (Å²) in [6, 6.07) is 23.4. The fraction of sp³-hybridized carbons (Fsp3) is 0.0952. The Morgan fingerprint density at radius 3 is 2.48 bits per heavy atom. The lowest BCUT2D eigenvalue weighted by atomic mass is 10.0. The number of halogens is 1. The average Bonchev–Trinajstić information content (AvgIpc) is 2.82. The summed E-state index contributed by atoms with van der Waals surface area (Å²) in [5.74, 6) is 0.253. The summed E-state index contributed by atoms with van der Waals surface area (Å²) in [6.07, 6.45) is 0.695. The number of para-hydroxylation sites is 2. The Morgan fingerprint density at radius 1 is 0.920 bits per heavy atom. The fourth-order valence-electron chi connectivity index (χ4n) is 3.01. The number of hydrogen-bond donors (Lipinski definition) is 1. The molecule has 0 saturated carbocycles. The zero-order valence-electron chi connectivity index (χ0n) is 13.4. The van der Waals surface area contributed by atoms with Crippen molar-refractivity contribution in [3.05, 3.63) is 88.9 Å². The van der Waals surface area contributed by atoms with Gasteiger partial charge in [-0.3, -0.25) is 4.99 Å². The maximum absolute atomic E-state index is 10.3. The van der Waals surface area contributed by atoms with Crippen molar-refractivity contribution in [1.82, 2.24) is 0 Å². The zero-order valence-corrected chi connectivity index (χ0v) is 15.0. The van der Waals surface area contributed by atoms with Crippen LogP contribution < -0.4 is 0 Å². The van der Waals surface area contributed by atoms with Crippen LogP contribution in [-0.4, -0.2) is 10.8 Å². The first-order chi connectivity index (χ1) is 12.2. The standard InChI is InChI=1S/C21H16ClNOS/c22-16-9-3-1-7-14(16)21-13-18(15-8-2-5-11-19(15)24)23-17-10-4-6-12-20(17)25-21/h1-12,21,24H,13H2/t21-/m0/s1. The quantitative estimate of drug-likeness (QED) is 0.569. The van der Waals surface area contributed by atoms with Crippen molar-refractivity contribution in [2.75, 3.05) is 0 Å². The van der Waals surface area contributed by atoms with Gasteiger partial charge >= 0.3 is 0 Å². The largest absolute Gasteiger partial charge is 0.507 e. The lowest BCUT2D eigenvalue weighted by molar-refractivity contribution is 0.474. The van der Waals surface area contributed by atoms with E-state index < -0.39 is 0 Å². The molecular formula is C21H16ClNOS. The van der Waals surface area contributed by atoms with Gasteiger partial charge in [0, 0.05) is 27.2 Å². The van der Waals surface area contributed by atoms with Gasteiger partial charge in [-0.15, -0.1) is 11.8 Å². The lowest BCUT2D eigenvalue weighted by Crippen LogP contribution is -2.06. The van der Waals surface area contributed by atoms with Crippen molar-refractivity contribution in [3.63, 3.8) is 0 Å².